The molecular formula is C21H32O3. The molecule has 3 heteroatoms. The second-order valence-corrected chi connectivity index (χ2v) is 7.11. The van der Waals surface area contributed by atoms with Crippen LogP contribution in [0, 0.1) is 0 Å². The molecule has 24 heavy (non-hydrogen) atoms. The summed E-state index contributed by atoms with van der Waals surface area (Å²) in [7, 11) is 0. The largest absolute Gasteiger partial charge is 0.491 e. The minimum Gasteiger partial charge on any atom is -0.491 e. The van der Waals surface area contributed by atoms with Crippen molar-refractivity contribution in [3.63, 3.8) is 0 Å². The van der Waals surface area contributed by atoms with Crippen LogP contribution in [0.5, 0.6) is 5.75 Å². The Hall–Kier alpha value is -1.51. The van der Waals surface area contributed by atoms with Crippen molar-refractivity contribution in [2.24, 2.45) is 0 Å². The van der Waals surface area contributed by atoms with Crippen LogP contribution in [0.3, 0.4) is 0 Å². The minimum atomic E-state index is -0.0277. The van der Waals surface area contributed by atoms with Gasteiger partial charge in [-0.05, 0) is 57.2 Å². The first-order valence-corrected chi connectivity index (χ1v) is 9.56. The number of esters is 1. The Kier molecular flexibility index (Phi) is 7.61. The van der Waals surface area contributed by atoms with Crippen molar-refractivity contribution in [1.82, 2.24) is 0 Å². The molecule has 0 bridgehead atoms. The van der Waals surface area contributed by atoms with E-state index in [1.165, 1.54) is 12.0 Å². The molecule has 2 atom stereocenters. The van der Waals surface area contributed by atoms with Gasteiger partial charge < -0.3 is 9.47 Å². The molecule has 1 aromatic carbocycles. The van der Waals surface area contributed by atoms with Gasteiger partial charge in [0.05, 0.1) is 6.10 Å². The summed E-state index contributed by atoms with van der Waals surface area (Å²) >= 11 is 0. The first-order chi connectivity index (χ1) is 11.6. The SMILES string of the molecule is CCCCCC(=O)OC1CCCCC1c1ccc(OC(C)C)cc1. The van der Waals surface area contributed by atoms with E-state index in [1.807, 2.05) is 26.0 Å². The zero-order valence-corrected chi connectivity index (χ0v) is 15.4. The smallest absolute Gasteiger partial charge is 0.306 e. The van der Waals surface area contributed by atoms with Crippen LogP contribution in [0.25, 0.3) is 0 Å². The minimum absolute atomic E-state index is 0.0277. The third-order valence-electron chi connectivity index (χ3n) is 4.65. The van der Waals surface area contributed by atoms with Gasteiger partial charge in [-0.1, -0.05) is 38.3 Å². The van der Waals surface area contributed by atoms with Gasteiger partial charge in [-0.15, -0.1) is 0 Å². The van der Waals surface area contributed by atoms with Crippen molar-refractivity contribution < 1.29 is 14.3 Å². The number of benzene rings is 1. The topological polar surface area (TPSA) is 35.5 Å². The van der Waals surface area contributed by atoms with Crippen molar-refractivity contribution in [2.75, 3.05) is 0 Å². The van der Waals surface area contributed by atoms with Gasteiger partial charge in [0.15, 0.2) is 0 Å². The van der Waals surface area contributed by atoms with Crippen LogP contribution in [0.2, 0.25) is 0 Å². The van der Waals surface area contributed by atoms with E-state index in [4.69, 9.17) is 9.47 Å². The number of hydrogen-bond donors (Lipinski definition) is 0. The summed E-state index contributed by atoms with van der Waals surface area (Å²) in [5.74, 6) is 1.19. The lowest BCUT2D eigenvalue weighted by Gasteiger charge is -2.31. The Bertz CT molecular complexity index is 492. The number of unbranched alkanes of at least 4 members (excludes halogenated alkanes) is 2. The molecule has 1 aromatic rings. The van der Waals surface area contributed by atoms with Crippen molar-refractivity contribution in [3.05, 3.63) is 29.8 Å². The van der Waals surface area contributed by atoms with E-state index < -0.39 is 0 Å². The summed E-state index contributed by atoms with van der Waals surface area (Å²) in [6.07, 6.45) is 8.37. The van der Waals surface area contributed by atoms with Crippen LogP contribution in [0.1, 0.15) is 83.6 Å². The molecule has 0 saturated heterocycles. The van der Waals surface area contributed by atoms with Gasteiger partial charge in [0.1, 0.15) is 11.9 Å². The molecule has 134 valence electrons. The van der Waals surface area contributed by atoms with Gasteiger partial charge in [-0.25, -0.2) is 0 Å². The fourth-order valence-electron chi connectivity index (χ4n) is 3.43. The van der Waals surface area contributed by atoms with E-state index in [0.29, 0.717) is 12.3 Å². The molecule has 0 aliphatic heterocycles. The molecule has 1 saturated carbocycles. The van der Waals surface area contributed by atoms with Gasteiger partial charge in [-0.3, -0.25) is 4.79 Å². The van der Waals surface area contributed by atoms with E-state index in [2.05, 4.69) is 19.1 Å². The zero-order valence-electron chi connectivity index (χ0n) is 15.4. The van der Waals surface area contributed by atoms with Crippen molar-refractivity contribution in [3.8, 4) is 5.75 Å². The summed E-state index contributed by atoms with van der Waals surface area (Å²) in [6.45, 7) is 6.21. The van der Waals surface area contributed by atoms with Crippen molar-refractivity contribution >= 4 is 5.97 Å². The molecular weight excluding hydrogens is 300 g/mol. The molecule has 0 N–H and O–H groups in total. The molecule has 1 fully saturated rings. The average Bonchev–Trinajstić information content (AvgIpc) is 2.56. The highest BCUT2D eigenvalue weighted by molar-refractivity contribution is 5.69. The maximum absolute atomic E-state index is 12.1. The number of rotatable bonds is 8. The fraction of sp³-hybridized carbons (Fsp3) is 0.667. The number of carbonyl (C=O) groups excluding carboxylic acids is 1. The van der Waals surface area contributed by atoms with Gasteiger partial charge in [0, 0.05) is 12.3 Å². The summed E-state index contributed by atoms with van der Waals surface area (Å²) in [4.78, 5) is 12.1. The van der Waals surface area contributed by atoms with E-state index in [-0.39, 0.29) is 18.2 Å². The summed E-state index contributed by atoms with van der Waals surface area (Å²) in [6, 6.07) is 8.32. The summed E-state index contributed by atoms with van der Waals surface area (Å²) in [5, 5.41) is 0. The van der Waals surface area contributed by atoms with E-state index in [9.17, 15) is 4.79 Å². The molecule has 1 aliphatic rings. The second kappa shape index (κ2) is 9.71. The fourth-order valence-corrected chi connectivity index (χ4v) is 3.43. The third-order valence-corrected chi connectivity index (χ3v) is 4.65. The number of ether oxygens (including phenoxy) is 2. The van der Waals surface area contributed by atoms with Crippen LogP contribution in [0.4, 0.5) is 0 Å². The Balaban J connectivity index is 1.96. The number of carbonyl (C=O) groups is 1. The Morgan fingerprint density at radius 3 is 2.50 bits per heavy atom. The highest BCUT2D eigenvalue weighted by Crippen LogP contribution is 2.36. The lowest BCUT2D eigenvalue weighted by molar-refractivity contribution is -0.151. The van der Waals surface area contributed by atoms with Crippen molar-refractivity contribution in [2.45, 2.75) is 90.3 Å². The average molecular weight is 332 g/mol. The highest BCUT2D eigenvalue weighted by Gasteiger charge is 2.29. The monoisotopic (exact) mass is 332 g/mol. The molecule has 2 unspecified atom stereocenters. The molecule has 3 nitrogen and oxygen atoms in total. The van der Waals surface area contributed by atoms with Crippen LogP contribution >= 0.6 is 0 Å². The first kappa shape index (κ1) is 18.8. The molecule has 1 aliphatic carbocycles. The summed E-state index contributed by atoms with van der Waals surface area (Å²) in [5.41, 5.74) is 1.26. The standard InChI is InChI=1S/C21H32O3/c1-4-5-6-11-21(22)24-20-10-8-7-9-19(20)17-12-14-18(15-13-17)23-16(2)3/h12-16,19-20H,4-11H2,1-3H3. The Morgan fingerprint density at radius 1 is 1.12 bits per heavy atom. The van der Waals surface area contributed by atoms with Crippen LogP contribution < -0.4 is 4.74 Å². The molecule has 0 spiro atoms. The molecule has 0 heterocycles. The van der Waals surface area contributed by atoms with Crippen LogP contribution in [-0.2, 0) is 9.53 Å². The van der Waals surface area contributed by atoms with E-state index >= 15 is 0 Å². The summed E-state index contributed by atoms with van der Waals surface area (Å²) < 4.78 is 11.5. The predicted molar refractivity (Wildman–Crippen MR) is 97.4 cm³/mol. The third kappa shape index (κ3) is 5.85. The quantitative estimate of drug-likeness (QED) is 0.457. The predicted octanol–water partition coefficient (Wildman–Crippen LogP) is 5.62. The first-order valence-electron chi connectivity index (χ1n) is 9.56. The maximum atomic E-state index is 12.1. The van der Waals surface area contributed by atoms with Gasteiger partial charge in [-0.2, -0.15) is 0 Å². The molecule has 0 amide bonds. The zero-order chi connectivity index (χ0) is 17.4. The molecule has 0 aromatic heterocycles. The Labute approximate surface area is 146 Å². The van der Waals surface area contributed by atoms with Gasteiger partial charge in [0.25, 0.3) is 0 Å². The van der Waals surface area contributed by atoms with E-state index in [0.717, 1.165) is 44.3 Å². The highest BCUT2D eigenvalue weighted by atomic mass is 16.5. The second-order valence-electron chi connectivity index (χ2n) is 7.11. The van der Waals surface area contributed by atoms with Crippen LogP contribution in [-0.4, -0.2) is 18.2 Å². The lowest BCUT2D eigenvalue weighted by Crippen LogP contribution is -2.28. The van der Waals surface area contributed by atoms with E-state index in [1.54, 1.807) is 0 Å². The van der Waals surface area contributed by atoms with Crippen LogP contribution in [0.15, 0.2) is 24.3 Å². The van der Waals surface area contributed by atoms with Gasteiger partial charge in [0.2, 0.25) is 0 Å². The number of hydrogen-bond acceptors (Lipinski definition) is 3. The van der Waals surface area contributed by atoms with Crippen molar-refractivity contribution in [1.29, 1.82) is 0 Å². The maximum Gasteiger partial charge on any atom is 0.306 e. The molecule has 0 radical (unpaired) electrons. The Morgan fingerprint density at radius 2 is 1.83 bits per heavy atom. The lowest BCUT2D eigenvalue weighted by atomic mass is 9.81. The normalized spacial score (nSPS) is 20.8. The molecule has 2 rings (SSSR count). The van der Waals surface area contributed by atoms with Gasteiger partial charge >= 0.3 is 5.97 Å².